The topological polar surface area (TPSA) is 26.0 Å². The van der Waals surface area contributed by atoms with Gasteiger partial charge in [0, 0.05) is 15.3 Å². The van der Waals surface area contributed by atoms with Gasteiger partial charge in [0.15, 0.2) is 0 Å². The molecule has 1 unspecified atom stereocenters. The lowest BCUT2D eigenvalue weighted by atomic mass is 9.87. The molecule has 0 saturated heterocycles. The molecule has 0 aliphatic heterocycles. The van der Waals surface area contributed by atoms with Crippen LogP contribution in [0.1, 0.15) is 56.2 Å². The van der Waals surface area contributed by atoms with E-state index in [1.54, 1.807) is 0 Å². The van der Waals surface area contributed by atoms with Gasteiger partial charge in [0.05, 0.1) is 0 Å². The van der Waals surface area contributed by atoms with Crippen LogP contribution in [-0.4, -0.2) is 5.54 Å². The summed E-state index contributed by atoms with van der Waals surface area (Å²) in [5.41, 5.74) is 6.49. The summed E-state index contributed by atoms with van der Waals surface area (Å²) in [7, 11) is 0. The second-order valence-electron chi connectivity index (χ2n) is 4.72. The van der Waals surface area contributed by atoms with Crippen molar-refractivity contribution in [3.63, 3.8) is 0 Å². The van der Waals surface area contributed by atoms with Crippen LogP contribution in [0.5, 0.6) is 0 Å². The Balaban J connectivity index is 2.60. The molecule has 0 radical (unpaired) electrons. The SMILES string of the molecule is CCCCC(N)(CC)Cc1ccc(CC)s1. The molecular formula is C14H25NS. The van der Waals surface area contributed by atoms with Crippen molar-refractivity contribution in [1.29, 1.82) is 0 Å². The molecule has 16 heavy (non-hydrogen) atoms. The molecule has 0 spiro atoms. The average molecular weight is 239 g/mol. The standard InChI is InChI=1S/C14H25NS/c1-4-7-10-14(15,6-3)11-13-9-8-12(5-2)16-13/h8-9H,4-7,10-11,15H2,1-3H3. The van der Waals surface area contributed by atoms with Crippen LogP contribution in [-0.2, 0) is 12.8 Å². The number of rotatable bonds is 7. The molecule has 1 atom stereocenters. The molecule has 0 aliphatic carbocycles. The number of aryl methyl sites for hydroxylation is 1. The summed E-state index contributed by atoms with van der Waals surface area (Å²) in [6, 6.07) is 4.50. The Morgan fingerprint density at radius 3 is 2.38 bits per heavy atom. The Bertz CT molecular complexity index is 305. The first-order valence-electron chi connectivity index (χ1n) is 6.50. The van der Waals surface area contributed by atoms with E-state index in [4.69, 9.17) is 5.73 Å². The quantitative estimate of drug-likeness (QED) is 0.760. The lowest BCUT2D eigenvalue weighted by Crippen LogP contribution is -2.41. The zero-order valence-electron chi connectivity index (χ0n) is 10.9. The summed E-state index contributed by atoms with van der Waals surface area (Å²) < 4.78 is 0. The molecule has 1 heterocycles. The van der Waals surface area contributed by atoms with E-state index >= 15 is 0 Å². The average Bonchev–Trinajstić information content (AvgIpc) is 2.74. The Morgan fingerprint density at radius 2 is 1.88 bits per heavy atom. The van der Waals surface area contributed by atoms with E-state index in [0.29, 0.717) is 0 Å². The number of unbranched alkanes of at least 4 members (excludes halogenated alkanes) is 1. The van der Waals surface area contributed by atoms with Crippen molar-refractivity contribution in [2.45, 2.75) is 64.8 Å². The van der Waals surface area contributed by atoms with Crippen LogP contribution in [0.25, 0.3) is 0 Å². The Hall–Kier alpha value is -0.340. The second-order valence-corrected chi connectivity index (χ2v) is 5.97. The van der Waals surface area contributed by atoms with Crippen molar-refractivity contribution in [2.75, 3.05) is 0 Å². The number of nitrogens with two attached hydrogens (primary N) is 1. The third-order valence-electron chi connectivity index (χ3n) is 3.32. The van der Waals surface area contributed by atoms with Crippen LogP contribution in [0, 0.1) is 0 Å². The van der Waals surface area contributed by atoms with Gasteiger partial charge in [-0.25, -0.2) is 0 Å². The molecule has 2 heteroatoms. The maximum absolute atomic E-state index is 6.47. The fourth-order valence-corrected chi connectivity index (χ4v) is 3.09. The zero-order chi connectivity index (χ0) is 12.0. The fraction of sp³-hybridized carbons (Fsp3) is 0.714. The fourth-order valence-electron chi connectivity index (χ4n) is 1.97. The van der Waals surface area contributed by atoms with Gasteiger partial charge in [-0.05, 0) is 37.8 Å². The lowest BCUT2D eigenvalue weighted by Gasteiger charge is -2.27. The summed E-state index contributed by atoms with van der Waals surface area (Å²) in [5, 5.41) is 0. The maximum Gasteiger partial charge on any atom is 0.0200 e. The van der Waals surface area contributed by atoms with Gasteiger partial charge in [0.2, 0.25) is 0 Å². The predicted octanol–water partition coefficient (Wildman–Crippen LogP) is 4.15. The second kappa shape index (κ2) is 6.41. The first-order chi connectivity index (χ1) is 7.63. The number of hydrogen-bond acceptors (Lipinski definition) is 2. The van der Waals surface area contributed by atoms with Gasteiger partial charge in [-0.3, -0.25) is 0 Å². The highest BCUT2D eigenvalue weighted by Gasteiger charge is 2.23. The summed E-state index contributed by atoms with van der Waals surface area (Å²) >= 11 is 1.93. The van der Waals surface area contributed by atoms with E-state index < -0.39 is 0 Å². The van der Waals surface area contributed by atoms with Crippen LogP contribution in [0.2, 0.25) is 0 Å². The van der Waals surface area contributed by atoms with Gasteiger partial charge in [-0.2, -0.15) is 0 Å². The van der Waals surface area contributed by atoms with Crippen LogP contribution in [0.4, 0.5) is 0 Å². The van der Waals surface area contributed by atoms with Gasteiger partial charge in [-0.15, -0.1) is 11.3 Å². The monoisotopic (exact) mass is 239 g/mol. The molecule has 0 saturated carbocycles. The molecule has 0 fully saturated rings. The molecule has 1 aromatic rings. The van der Waals surface area contributed by atoms with E-state index in [9.17, 15) is 0 Å². The first-order valence-corrected chi connectivity index (χ1v) is 7.31. The molecule has 0 aromatic carbocycles. The van der Waals surface area contributed by atoms with E-state index in [1.807, 2.05) is 11.3 Å². The summed E-state index contributed by atoms with van der Waals surface area (Å²) in [5.74, 6) is 0. The molecule has 0 amide bonds. The number of hydrogen-bond donors (Lipinski definition) is 1. The Labute approximate surface area is 104 Å². The van der Waals surface area contributed by atoms with Crippen LogP contribution in [0.15, 0.2) is 12.1 Å². The molecule has 92 valence electrons. The van der Waals surface area contributed by atoms with Gasteiger partial charge in [0.25, 0.3) is 0 Å². The highest BCUT2D eigenvalue weighted by molar-refractivity contribution is 7.12. The van der Waals surface area contributed by atoms with Gasteiger partial charge < -0.3 is 5.73 Å². The minimum Gasteiger partial charge on any atom is -0.325 e. The van der Waals surface area contributed by atoms with E-state index in [2.05, 4.69) is 32.9 Å². The predicted molar refractivity (Wildman–Crippen MR) is 74.1 cm³/mol. The van der Waals surface area contributed by atoms with E-state index in [-0.39, 0.29) is 5.54 Å². The third kappa shape index (κ3) is 3.91. The third-order valence-corrected chi connectivity index (χ3v) is 4.55. The normalized spacial score (nSPS) is 15.0. The Morgan fingerprint density at radius 1 is 1.19 bits per heavy atom. The largest absolute Gasteiger partial charge is 0.325 e. The minimum atomic E-state index is 0.0197. The summed E-state index contributed by atoms with van der Waals surface area (Å²) in [6.07, 6.45) is 6.91. The molecule has 2 N–H and O–H groups in total. The van der Waals surface area contributed by atoms with E-state index in [1.165, 1.54) is 22.6 Å². The molecule has 0 aliphatic rings. The summed E-state index contributed by atoms with van der Waals surface area (Å²) in [4.78, 5) is 2.93. The zero-order valence-corrected chi connectivity index (χ0v) is 11.7. The van der Waals surface area contributed by atoms with Crippen molar-refractivity contribution in [1.82, 2.24) is 0 Å². The first kappa shape index (κ1) is 13.7. The minimum absolute atomic E-state index is 0.0197. The van der Waals surface area contributed by atoms with Crippen molar-refractivity contribution < 1.29 is 0 Å². The highest BCUT2D eigenvalue weighted by atomic mass is 32.1. The van der Waals surface area contributed by atoms with Gasteiger partial charge in [0.1, 0.15) is 0 Å². The van der Waals surface area contributed by atoms with Crippen LogP contribution >= 0.6 is 11.3 Å². The lowest BCUT2D eigenvalue weighted by molar-refractivity contribution is 0.367. The Kier molecular flexibility index (Phi) is 5.50. The van der Waals surface area contributed by atoms with Crippen LogP contribution < -0.4 is 5.73 Å². The molecular weight excluding hydrogens is 214 g/mol. The maximum atomic E-state index is 6.47. The van der Waals surface area contributed by atoms with Gasteiger partial charge >= 0.3 is 0 Å². The highest BCUT2D eigenvalue weighted by Crippen LogP contribution is 2.26. The smallest absolute Gasteiger partial charge is 0.0200 e. The molecule has 1 aromatic heterocycles. The van der Waals surface area contributed by atoms with Gasteiger partial charge in [-0.1, -0.05) is 33.6 Å². The number of thiophene rings is 1. The molecule has 1 nitrogen and oxygen atoms in total. The molecule has 1 rings (SSSR count). The van der Waals surface area contributed by atoms with Crippen molar-refractivity contribution in [3.8, 4) is 0 Å². The van der Waals surface area contributed by atoms with Crippen molar-refractivity contribution >= 4 is 11.3 Å². The summed E-state index contributed by atoms with van der Waals surface area (Å²) in [6.45, 7) is 6.66. The van der Waals surface area contributed by atoms with E-state index in [0.717, 1.165) is 25.7 Å². The van der Waals surface area contributed by atoms with Crippen molar-refractivity contribution in [2.24, 2.45) is 5.73 Å². The molecule has 0 bridgehead atoms. The van der Waals surface area contributed by atoms with Crippen molar-refractivity contribution in [3.05, 3.63) is 21.9 Å². The van der Waals surface area contributed by atoms with Crippen LogP contribution in [0.3, 0.4) is 0 Å².